The van der Waals surface area contributed by atoms with Crippen LogP contribution >= 0.6 is 15.9 Å². The molecule has 0 aliphatic heterocycles. The van der Waals surface area contributed by atoms with Crippen molar-refractivity contribution in [2.24, 2.45) is 0 Å². The van der Waals surface area contributed by atoms with Gasteiger partial charge in [-0.25, -0.2) is 8.78 Å². The molecule has 0 aromatic heterocycles. The highest BCUT2D eigenvalue weighted by molar-refractivity contribution is 9.10. The molecule has 0 amide bonds. The van der Waals surface area contributed by atoms with E-state index in [4.69, 9.17) is 4.74 Å². The summed E-state index contributed by atoms with van der Waals surface area (Å²) < 4.78 is 44.9. The topological polar surface area (TPSA) is 9.23 Å². The third-order valence-corrected chi connectivity index (χ3v) is 2.84. The van der Waals surface area contributed by atoms with Gasteiger partial charge in [-0.3, -0.25) is 0 Å². The number of hydrogen-bond acceptors (Lipinski definition) is 1. The van der Waals surface area contributed by atoms with Gasteiger partial charge in [0.05, 0.1) is 0 Å². The monoisotopic (exact) mass is 316 g/mol. The molecule has 0 saturated heterocycles. The Bertz CT molecular complexity index is 555. The standard InChI is InChI=1S/C13H8BrF3O/c14-9-3-1-8(2-4-9)7-18-11-6-5-10(15)12(16)13(11)17/h1-6H,7H2. The minimum atomic E-state index is -1.52. The van der Waals surface area contributed by atoms with E-state index in [1.54, 1.807) is 24.3 Å². The highest BCUT2D eigenvalue weighted by Crippen LogP contribution is 2.23. The number of rotatable bonds is 3. The Kier molecular flexibility index (Phi) is 3.91. The molecule has 0 bridgehead atoms. The Morgan fingerprint density at radius 3 is 2.22 bits per heavy atom. The summed E-state index contributed by atoms with van der Waals surface area (Å²) in [5.41, 5.74) is 0.794. The first kappa shape index (κ1) is 13.0. The maximum Gasteiger partial charge on any atom is 0.203 e. The molecule has 2 rings (SSSR count). The van der Waals surface area contributed by atoms with Crippen LogP contribution in [-0.2, 0) is 6.61 Å². The minimum Gasteiger partial charge on any atom is -0.486 e. The summed E-state index contributed by atoms with van der Waals surface area (Å²) in [5, 5.41) is 0. The molecule has 2 aromatic rings. The maximum absolute atomic E-state index is 13.3. The van der Waals surface area contributed by atoms with Gasteiger partial charge in [-0.05, 0) is 29.8 Å². The van der Waals surface area contributed by atoms with Crippen molar-refractivity contribution < 1.29 is 17.9 Å². The molecular weight excluding hydrogens is 309 g/mol. The van der Waals surface area contributed by atoms with Gasteiger partial charge in [-0.2, -0.15) is 4.39 Å². The van der Waals surface area contributed by atoms with Crippen molar-refractivity contribution in [2.75, 3.05) is 0 Å². The van der Waals surface area contributed by atoms with Crippen LogP contribution in [0.25, 0.3) is 0 Å². The van der Waals surface area contributed by atoms with Crippen LogP contribution in [0.4, 0.5) is 13.2 Å². The molecule has 0 radical (unpaired) electrons. The molecule has 0 aliphatic carbocycles. The van der Waals surface area contributed by atoms with Crippen molar-refractivity contribution in [3.05, 3.63) is 63.9 Å². The molecule has 94 valence electrons. The first-order chi connectivity index (χ1) is 8.58. The van der Waals surface area contributed by atoms with Crippen molar-refractivity contribution in [1.82, 2.24) is 0 Å². The third-order valence-electron chi connectivity index (χ3n) is 2.31. The quantitative estimate of drug-likeness (QED) is 0.760. The largest absolute Gasteiger partial charge is 0.486 e. The van der Waals surface area contributed by atoms with E-state index in [1.807, 2.05) is 0 Å². The second-order valence-corrected chi connectivity index (χ2v) is 4.50. The Morgan fingerprint density at radius 1 is 0.889 bits per heavy atom. The molecule has 5 heteroatoms. The second-order valence-electron chi connectivity index (χ2n) is 3.59. The van der Waals surface area contributed by atoms with E-state index in [9.17, 15) is 13.2 Å². The molecule has 0 heterocycles. The van der Waals surface area contributed by atoms with Gasteiger partial charge < -0.3 is 4.74 Å². The number of halogens is 4. The highest BCUT2D eigenvalue weighted by atomic mass is 79.9. The van der Waals surface area contributed by atoms with Gasteiger partial charge in [0, 0.05) is 4.47 Å². The lowest BCUT2D eigenvalue weighted by Gasteiger charge is -2.08. The average Bonchev–Trinajstić information content (AvgIpc) is 2.37. The molecule has 18 heavy (non-hydrogen) atoms. The van der Waals surface area contributed by atoms with E-state index in [1.165, 1.54) is 0 Å². The summed E-state index contributed by atoms with van der Waals surface area (Å²) in [6.45, 7) is 0.0786. The minimum absolute atomic E-state index is 0.0786. The SMILES string of the molecule is Fc1ccc(OCc2ccc(Br)cc2)c(F)c1F. The summed E-state index contributed by atoms with van der Waals surface area (Å²) in [6, 6.07) is 9.06. The molecule has 0 spiro atoms. The lowest BCUT2D eigenvalue weighted by atomic mass is 10.2. The summed E-state index contributed by atoms with van der Waals surface area (Å²) in [6.07, 6.45) is 0. The van der Waals surface area contributed by atoms with Crippen LogP contribution < -0.4 is 4.74 Å². The fourth-order valence-corrected chi connectivity index (χ4v) is 1.63. The second kappa shape index (κ2) is 5.44. The zero-order valence-electron chi connectivity index (χ0n) is 9.09. The number of ether oxygens (including phenoxy) is 1. The van der Waals surface area contributed by atoms with Gasteiger partial charge in [0.25, 0.3) is 0 Å². The Balaban J connectivity index is 2.11. The Labute approximate surface area is 110 Å². The van der Waals surface area contributed by atoms with Crippen molar-refractivity contribution in [1.29, 1.82) is 0 Å². The predicted molar refractivity (Wildman–Crippen MR) is 64.8 cm³/mol. The van der Waals surface area contributed by atoms with E-state index in [2.05, 4.69) is 15.9 Å². The third kappa shape index (κ3) is 2.85. The van der Waals surface area contributed by atoms with Crippen LogP contribution in [0, 0.1) is 17.5 Å². The molecular formula is C13H8BrF3O. The van der Waals surface area contributed by atoms with Crippen LogP contribution in [0.5, 0.6) is 5.75 Å². The molecule has 1 nitrogen and oxygen atoms in total. The number of hydrogen-bond donors (Lipinski definition) is 0. The summed E-state index contributed by atoms with van der Waals surface area (Å²) in [7, 11) is 0. The van der Waals surface area contributed by atoms with Crippen LogP contribution in [0.3, 0.4) is 0 Å². The zero-order valence-corrected chi connectivity index (χ0v) is 10.7. The van der Waals surface area contributed by atoms with E-state index < -0.39 is 17.5 Å². The van der Waals surface area contributed by atoms with Crippen LogP contribution in [-0.4, -0.2) is 0 Å². The van der Waals surface area contributed by atoms with Gasteiger partial charge in [0.2, 0.25) is 5.82 Å². The zero-order chi connectivity index (χ0) is 13.1. The van der Waals surface area contributed by atoms with E-state index in [0.717, 1.165) is 22.2 Å². The summed E-state index contributed by atoms with van der Waals surface area (Å²) in [4.78, 5) is 0. The number of benzene rings is 2. The van der Waals surface area contributed by atoms with Gasteiger partial charge >= 0.3 is 0 Å². The summed E-state index contributed by atoms with van der Waals surface area (Å²) in [5.74, 6) is -4.38. The molecule has 0 atom stereocenters. The molecule has 0 unspecified atom stereocenters. The fourth-order valence-electron chi connectivity index (χ4n) is 1.36. The fraction of sp³-hybridized carbons (Fsp3) is 0.0769. The predicted octanol–water partition coefficient (Wildman–Crippen LogP) is 4.45. The van der Waals surface area contributed by atoms with Gasteiger partial charge in [-0.1, -0.05) is 28.1 Å². The average molecular weight is 317 g/mol. The molecule has 2 aromatic carbocycles. The van der Waals surface area contributed by atoms with E-state index in [-0.39, 0.29) is 12.4 Å². The first-order valence-corrected chi connectivity index (χ1v) is 5.88. The van der Waals surface area contributed by atoms with Crippen molar-refractivity contribution in [3.8, 4) is 5.75 Å². The van der Waals surface area contributed by atoms with Gasteiger partial charge in [0.15, 0.2) is 17.4 Å². The molecule has 0 saturated carbocycles. The molecule has 0 N–H and O–H groups in total. The normalized spacial score (nSPS) is 10.4. The lowest BCUT2D eigenvalue weighted by molar-refractivity contribution is 0.281. The van der Waals surface area contributed by atoms with Crippen molar-refractivity contribution >= 4 is 15.9 Å². The smallest absolute Gasteiger partial charge is 0.203 e. The van der Waals surface area contributed by atoms with Gasteiger partial charge in [0.1, 0.15) is 6.61 Å². The molecule has 0 fully saturated rings. The van der Waals surface area contributed by atoms with Gasteiger partial charge in [-0.15, -0.1) is 0 Å². The van der Waals surface area contributed by atoms with Crippen LogP contribution in [0.15, 0.2) is 40.9 Å². The molecule has 0 aliphatic rings. The Morgan fingerprint density at radius 2 is 1.56 bits per heavy atom. The summed E-state index contributed by atoms with van der Waals surface area (Å²) >= 11 is 3.28. The van der Waals surface area contributed by atoms with Crippen LogP contribution in [0.1, 0.15) is 5.56 Å². The van der Waals surface area contributed by atoms with E-state index in [0.29, 0.717) is 0 Å². The van der Waals surface area contributed by atoms with Crippen LogP contribution in [0.2, 0.25) is 0 Å². The lowest BCUT2D eigenvalue weighted by Crippen LogP contribution is -2.00. The van der Waals surface area contributed by atoms with E-state index >= 15 is 0 Å². The maximum atomic E-state index is 13.3. The highest BCUT2D eigenvalue weighted by Gasteiger charge is 2.14. The Hall–Kier alpha value is -1.49. The first-order valence-electron chi connectivity index (χ1n) is 5.08. The van der Waals surface area contributed by atoms with Crippen molar-refractivity contribution in [3.63, 3.8) is 0 Å². The van der Waals surface area contributed by atoms with Crippen molar-refractivity contribution in [2.45, 2.75) is 6.61 Å².